The summed E-state index contributed by atoms with van der Waals surface area (Å²) in [6, 6.07) is 2.05. The van der Waals surface area contributed by atoms with Gasteiger partial charge in [-0.1, -0.05) is 24.4 Å². The zero-order valence-electron chi connectivity index (χ0n) is 12.5. The second-order valence-electron chi connectivity index (χ2n) is 6.19. The minimum atomic E-state index is 0. The van der Waals surface area contributed by atoms with Crippen molar-refractivity contribution in [3.63, 3.8) is 0 Å². The van der Waals surface area contributed by atoms with E-state index in [2.05, 4.69) is 31.7 Å². The van der Waals surface area contributed by atoms with E-state index in [1.165, 1.54) is 32.1 Å². The Hall–Kier alpha value is -1.40. The van der Waals surface area contributed by atoms with E-state index < -0.39 is 0 Å². The molecule has 0 bridgehead atoms. The van der Waals surface area contributed by atoms with Crippen LogP contribution in [0, 0.1) is 0 Å². The number of nitrogens with one attached hydrogen (secondary N) is 2. The lowest BCUT2D eigenvalue weighted by Gasteiger charge is -2.17. The molecule has 1 saturated heterocycles. The molecule has 120 valence electrons. The number of aromatic amines is 1. The third kappa shape index (κ3) is 3.03. The van der Waals surface area contributed by atoms with E-state index in [-0.39, 0.29) is 12.4 Å². The van der Waals surface area contributed by atoms with Gasteiger partial charge in [0.25, 0.3) is 5.89 Å². The summed E-state index contributed by atoms with van der Waals surface area (Å²) >= 11 is 0. The van der Waals surface area contributed by atoms with Gasteiger partial charge < -0.3 is 9.84 Å². The van der Waals surface area contributed by atoms with Crippen LogP contribution in [0.15, 0.2) is 10.6 Å². The summed E-state index contributed by atoms with van der Waals surface area (Å²) in [7, 11) is 0. The summed E-state index contributed by atoms with van der Waals surface area (Å²) in [6.07, 6.45) is 7.39. The van der Waals surface area contributed by atoms with Gasteiger partial charge in [-0.3, -0.25) is 5.10 Å². The molecule has 0 amide bonds. The van der Waals surface area contributed by atoms with E-state index in [9.17, 15) is 0 Å². The minimum absolute atomic E-state index is 0. The largest absolute Gasteiger partial charge is 0.332 e. The molecule has 1 atom stereocenters. The molecule has 1 aliphatic carbocycles. The molecule has 2 aliphatic rings. The SMILES string of the molecule is Cl.c1c(-c2nc(C3CCCCC3)no2)n[nH]c1C1CCNC1. The highest BCUT2D eigenvalue weighted by molar-refractivity contribution is 5.85. The van der Waals surface area contributed by atoms with Gasteiger partial charge in [0, 0.05) is 24.1 Å². The smallest absolute Gasteiger partial charge is 0.278 e. The van der Waals surface area contributed by atoms with Crippen molar-refractivity contribution in [3.8, 4) is 11.6 Å². The highest BCUT2D eigenvalue weighted by atomic mass is 35.5. The van der Waals surface area contributed by atoms with E-state index in [4.69, 9.17) is 4.52 Å². The van der Waals surface area contributed by atoms with Crippen molar-refractivity contribution < 1.29 is 4.52 Å². The van der Waals surface area contributed by atoms with Crippen LogP contribution < -0.4 is 5.32 Å². The molecular formula is C15H22ClN5O. The zero-order valence-corrected chi connectivity index (χ0v) is 13.4. The molecule has 1 aliphatic heterocycles. The van der Waals surface area contributed by atoms with Crippen molar-refractivity contribution in [1.82, 2.24) is 25.7 Å². The Kier molecular flexibility index (Phi) is 4.78. The van der Waals surface area contributed by atoms with Crippen molar-refractivity contribution in [2.45, 2.75) is 50.4 Å². The fourth-order valence-corrected chi connectivity index (χ4v) is 3.44. The molecule has 2 N–H and O–H groups in total. The molecule has 6 nitrogen and oxygen atoms in total. The molecule has 22 heavy (non-hydrogen) atoms. The van der Waals surface area contributed by atoms with Gasteiger partial charge in [0.15, 0.2) is 11.5 Å². The Labute approximate surface area is 135 Å². The average molecular weight is 324 g/mol. The zero-order chi connectivity index (χ0) is 14.1. The average Bonchev–Trinajstić information content (AvgIpc) is 3.27. The number of nitrogens with zero attached hydrogens (tertiary/aromatic N) is 3. The normalized spacial score (nSPS) is 22.6. The molecule has 0 aromatic carbocycles. The van der Waals surface area contributed by atoms with Crippen molar-refractivity contribution in [1.29, 1.82) is 0 Å². The molecule has 1 unspecified atom stereocenters. The van der Waals surface area contributed by atoms with Crippen LogP contribution >= 0.6 is 12.4 Å². The van der Waals surface area contributed by atoms with E-state index in [1.54, 1.807) is 0 Å². The lowest BCUT2D eigenvalue weighted by Crippen LogP contribution is -2.08. The maximum atomic E-state index is 5.42. The molecule has 7 heteroatoms. The van der Waals surface area contributed by atoms with E-state index >= 15 is 0 Å². The summed E-state index contributed by atoms with van der Waals surface area (Å²) in [5.41, 5.74) is 1.93. The van der Waals surface area contributed by atoms with Crippen LogP contribution in [-0.4, -0.2) is 33.4 Å². The Morgan fingerprint density at radius 2 is 1.95 bits per heavy atom. The first-order valence-electron chi connectivity index (χ1n) is 8.00. The van der Waals surface area contributed by atoms with Crippen LogP contribution in [0.1, 0.15) is 61.9 Å². The van der Waals surface area contributed by atoms with Crippen molar-refractivity contribution in [2.24, 2.45) is 0 Å². The Morgan fingerprint density at radius 1 is 1.09 bits per heavy atom. The first kappa shape index (κ1) is 15.5. The molecule has 2 aromatic heterocycles. The van der Waals surface area contributed by atoms with Gasteiger partial charge in [-0.2, -0.15) is 10.1 Å². The van der Waals surface area contributed by atoms with E-state index in [1.807, 2.05) is 0 Å². The summed E-state index contributed by atoms with van der Waals surface area (Å²) < 4.78 is 5.42. The third-order valence-electron chi connectivity index (χ3n) is 4.73. The lowest BCUT2D eigenvalue weighted by atomic mass is 9.89. The monoisotopic (exact) mass is 323 g/mol. The van der Waals surface area contributed by atoms with E-state index in [0.717, 1.165) is 36.7 Å². The second kappa shape index (κ2) is 6.79. The van der Waals surface area contributed by atoms with Crippen LogP contribution in [0.4, 0.5) is 0 Å². The van der Waals surface area contributed by atoms with Gasteiger partial charge in [0.2, 0.25) is 0 Å². The van der Waals surface area contributed by atoms with Crippen molar-refractivity contribution in [2.75, 3.05) is 13.1 Å². The van der Waals surface area contributed by atoms with Gasteiger partial charge in [-0.05, 0) is 31.9 Å². The van der Waals surface area contributed by atoms with Crippen molar-refractivity contribution >= 4 is 12.4 Å². The van der Waals surface area contributed by atoms with Crippen LogP contribution in [0.3, 0.4) is 0 Å². The summed E-state index contributed by atoms with van der Waals surface area (Å²) in [5, 5.41) is 15.0. The quantitative estimate of drug-likeness (QED) is 0.907. The summed E-state index contributed by atoms with van der Waals surface area (Å²) in [6.45, 7) is 2.09. The van der Waals surface area contributed by atoms with Crippen LogP contribution in [0.5, 0.6) is 0 Å². The Balaban J connectivity index is 0.00000144. The minimum Gasteiger partial charge on any atom is -0.332 e. The predicted octanol–water partition coefficient (Wildman–Crippen LogP) is 3.01. The maximum absolute atomic E-state index is 5.42. The van der Waals surface area contributed by atoms with Crippen LogP contribution in [0.25, 0.3) is 11.6 Å². The fraction of sp³-hybridized carbons (Fsp3) is 0.667. The van der Waals surface area contributed by atoms with E-state index in [0.29, 0.717) is 17.7 Å². The highest BCUT2D eigenvalue weighted by Gasteiger charge is 2.23. The molecule has 3 heterocycles. The fourth-order valence-electron chi connectivity index (χ4n) is 3.44. The Bertz CT molecular complexity index is 599. The molecule has 0 radical (unpaired) electrons. The lowest BCUT2D eigenvalue weighted by molar-refractivity contribution is 0.385. The van der Waals surface area contributed by atoms with Crippen LogP contribution in [-0.2, 0) is 0 Å². The molecular weight excluding hydrogens is 302 g/mol. The summed E-state index contributed by atoms with van der Waals surface area (Å²) in [4.78, 5) is 4.57. The maximum Gasteiger partial charge on any atom is 0.278 e. The molecule has 1 saturated carbocycles. The molecule has 2 aromatic rings. The molecule has 4 rings (SSSR count). The first-order valence-corrected chi connectivity index (χ1v) is 8.00. The van der Waals surface area contributed by atoms with Gasteiger partial charge in [-0.25, -0.2) is 0 Å². The highest BCUT2D eigenvalue weighted by Crippen LogP contribution is 2.32. The number of aromatic nitrogens is 4. The van der Waals surface area contributed by atoms with Gasteiger partial charge in [0.1, 0.15) is 0 Å². The standard InChI is InChI=1S/C15H21N5O.ClH/c1-2-4-10(5-3-1)14-17-15(21-20-14)13-8-12(18-19-13)11-6-7-16-9-11;/h8,10-11,16H,1-7,9H2,(H,18,19);1H. The molecule has 0 spiro atoms. The van der Waals surface area contributed by atoms with Crippen LogP contribution in [0.2, 0.25) is 0 Å². The number of hydrogen-bond acceptors (Lipinski definition) is 5. The van der Waals surface area contributed by atoms with Gasteiger partial charge >= 0.3 is 0 Å². The number of rotatable bonds is 3. The molecule has 2 fully saturated rings. The van der Waals surface area contributed by atoms with Gasteiger partial charge in [0.05, 0.1) is 0 Å². The first-order chi connectivity index (χ1) is 10.4. The number of hydrogen-bond donors (Lipinski definition) is 2. The number of halogens is 1. The predicted molar refractivity (Wildman–Crippen MR) is 85.2 cm³/mol. The Morgan fingerprint density at radius 3 is 2.73 bits per heavy atom. The third-order valence-corrected chi connectivity index (χ3v) is 4.73. The van der Waals surface area contributed by atoms with Gasteiger partial charge in [-0.15, -0.1) is 12.4 Å². The van der Waals surface area contributed by atoms with Crippen molar-refractivity contribution in [3.05, 3.63) is 17.6 Å². The summed E-state index contributed by atoms with van der Waals surface area (Å²) in [5.74, 6) is 2.39. The topological polar surface area (TPSA) is 79.6 Å². The number of H-pyrrole nitrogens is 1. The second-order valence-corrected chi connectivity index (χ2v) is 6.19.